The molecule has 1 saturated heterocycles. The van der Waals surface area contributed by atoms with Gasteiger partial charge in [0.05, 0.1) is 39.8 Å². The Morgan fingerprint density at radius 3 is 2.56 bits per heavy atom. The second-order valence-electron chi connectivity index (χ2n) is 6.42. The van der Waals surface area contributed by atoms with Crippen molar-refractivity contribution in [3.8, 4) is 5.75 Å². The lowest BCUT2D eigenvalue weighted by Crippen LogP contribution is -3.16. The number of piperazine rings is 1. The van der Waals surface area contributed by atoms with Crippen LogP contribution in [0.15, 0.2) is 41.8 Å². The lowest BCUT2D eigenvalue weighted by Gasteiger charge is -2.33. The summed E-state index contributed by atoms with van der Waals surface area (Å²) in [5, 5.41) is 7.07. The molecule has 3 N–H and O–H groups in total. The van der Waals surface area contributed by atoms with Gasteiger partial charge in [0, 0.05) is 10.6 Å². The summed E-state index contributed by atoms with van der Waals surface area (Å²) in [6.45, 7) is 4.21. The molecular weight excluding hydrogens is 364 g/mol. The summed E-state index contributed by atoms with van der Waals surface area (Å²) in [6.07, 6.45) is 0. The van der Waals surface area contributed by atoms with Gasteiger partial charge in [0.2, 0.25) is 0 Å². The molecule has 7 nitrogen and oxygen atoms in total. The quantitative estimate of drug-likeness (QED) is 0.672. The van der Waals surface area contributed by atoms with Crippen LogP contribution in [0, 0.1) is 0 Å². The van der Waals surface area contributed by atoms with Gasteiger partial charge >= 0.3 is 6.03 Å². The van der Waals surface area contributed by atoms with Crippen molar-refractivity contribution in [3.63, 3.8) is 0 Å². The first kappa shape index (κ1) is 19.2. The number of nitrogens with one attached hydrogen (secondary N) is 3. The number of hydrogen-bond donors (Lipinski definition) is 3. The SMILES string of the molecule is COc1ccc(N2CC[NH+](CC(=O)NC(=O)NCc3cccs3)CC2)cc1. The highest BCUT2D eigenvalue weighted by atomic mass is 32.1. The number of anilines is 1. The smallest absolute Gasteiger partial charge is 0.321 e. The second kappa shape index (κ2) is 9.38. The van der Waals surface area contributed by atoms with E-state index < -0.39 is 6.03 Å². The van der Waals surface area contributed by atoms with Gasteiger partial charge in [-0.05, 0) is 35.7 Å². The predicted octanol–water partition coefficient (Wildman–Crippen LogP) is 0.488. The van der Waals surface area contributed by atoms with E-state index in [0.29, 0.717) is 13.1 Å². The largest absolute Gasteiger partial charge is 0.497 e. The highest BCUT2D eigenvalue weighted by molar-refractivity contribution is 7.09. The molecular formula is C19H25N4O3S+. The molecule has 1 aliphatic heterocycles. The average Bonchev–Trinajstić information content (AvgIpc) is 3.21. The van der Waals surface area contributed by atoms with E-state index in [1.165, 1.54) is 4.90 Å². The number of methoxy groups -OCH3 is 1. The summed E-state index contributed by atoms with van der Waals surface area (Å²) in [5.41, 5.74) is 1.16. The van der Waals surface area contributed by atoms with E-state index in [4.69, 9.17) is 4.74 Å². The summed E-state index contributed by atoms with van der Waals surface area (Å²) in [5.74, 6) is 0.601. The maximum absolute atomic E-state index is 12.1. The number of imide groups is 1. The van der Waals surface area contributed by atoms with Crippen LogP contribution in [0.4, 0.5) is 10.5 Å². The molecule has 2 heterocycles. The zero-order valence-electron chi connectivity index (χ0n) is 15.4. The molecule has 1 aliphatic rings. The van der Waals surface area contributed by atoms with Gasteiger partial charge < -0.3 is 19.9 Å². The number of urea groups is 1. The van der Waals surface area contributed by atoms with Crippen LogP contribution in [-0.4, -0.2) is 51.8 Å². The lowest BCUT2D eigenvalue weighted by molar-refractivity contribution is -0.892. The summed E-state index contributed by atoms with van der Waals surface area (Å²) >= 11 is 1.57. The van der Waals surface area contributed by atoms with E-state index >= 15 is 0 Å². The molecule has 0 saturated carbocycles. The lowest BCUT2D eigenvalue weighted by atomic mass is 10.2. The van der Waals surface area contributed by atoms with Crippen LogP contribution in [0.5, 0.6) is 5.75 Å². The molecule has 3 amide bonds. The van der Waals surface area contributed by atoms with E-state index in [2.05, 4.69) is 27.7 Å². The molecule has 0 aliphatic carbocycles. The Bertz CT molecular complexity index is 741. The van der Waals surface area contributed by atoms with Crippen molar-refractivity contribution < 1.29 is 19.2 Å². The van der Waals surface area contributed by atoms with Crippen LogP contribution in [0.1, 0.15) is 4.88 Å². The minimum Gasteiger partial charge on any atom is -0.497 e. The first-order valence-corrected chi connectivity index (χ1v) is 9.84. The van der Waals surface area contributed by atoms with Crippen molar-refractivity contribution in [2.75, 3.05) is 44.7 Å². The summed E-state index contributed by atoms with van der Waals surface area (Å²) < 4.78 is 5.19. The van der Waals surface area contributed by atoms with Crippen molar-refractivity contribution in [2.45, 2.75) is 6.54 Å². The Morgan fingerprint density at radius 2 is 1.93 bits per heavy atom. The number of benzene rings is 1. The molecule has 0 bridgehead atoms. The van der Waals surface area contributed by atoms with Gasteiger partial charge in [-0.3, -0.25) is 10.1 Å². The molecule has 8 heteroatoms. The number of hydrogen-bond acceptors (Lipinski definition) is 5. The third-order valence-corrected chi connectivity index (χ3v) is 5.45. The molecule has 1 aromatic carbocycles. The van der Waals surface area contributed by atoms with Crippen LogP contribution in [0.2, 0.25) is 0 Å². The third-order valence-electron chi connectivity index (χ3n) is 4.57. The first-order valence-electron chi connectivity index (χ1n) is 8.96. The zero-order chi connectivity index (χ0) is 19.1. The maximum atomic E-state index is 12.1. The van der Waals surface area contributed by atoms with Crippen molar-refractivity contribution in [2.24, 2.45) is 0 Å². The predicted molar refractivity (Wildman–Crippen MR) is 105 cm³/mol. The second-order valence-corrected chi connectivity index (χ2v) is 7.45. The van der Waals surface area contributed by atoms with Gasteiger partial charge in [-0.1, -0.05) is 6.07 Å². The van der Waals surface area contributed by atoms with Crippen LogP contribution in [-0.2, 0) is 11.3 Å². The fraction of sp³-hybridized carbons (Fsp3) is 0.368. The number of amides is 3. The van der Waals surface area contributed by atoms with Gasteiger partial charge in [-0.15, -0.1) is 11.3 Å². The Morgan fingerprint density at radius 1 is 1.19 bits per heavy atom. The van der Waals surface area contributed by atoms with Crippen LogP contribution >= 0.6 is 11.3 Å². The number of quaternary nitrogens is 1. The van der Waals surface area contributed by atoms with Gasteiger partial charge in [0.1, 0.15) is 5.75 Å². The minimum atomic E-state index is -0.440. The number of carbonyl (C=O) groups is 2. The molecule has 3 rings (SSSR count). The van der Waals surface area contributed by atoms with Crippen molar-refractivity contribution in [1.29, 1.82) is 0 Å². The summed E-state index contributed by atoms with van der Waals surface area (Å²) in [4.78, 5) is 28.4. The van der Waals surface area contributed by atoms with Crippen LogP contribution in [0.25, 0.3) is 0 Å². The molecule has 1 fully saturated rings. The fourth-order valence-electron chi connectivity index (χ4n) is 3.07. The van der Waals surface area contributed by atoms with E-state index in [-0.39, 0.29) is 5.91 Å². The molecule has 144 valence electrons. The molecule has 0 unspecified atom stereocenters. The first-order chi connectivity index (χ1) is 13.1. The number of rotatable bonds is 6. The van der Waals surface area contributed by atoms with Crippen molar-refractivity contribution in [1.82, 2.24) is 10.6 Å². The van der Waals surface area contributed by atoms with E-state index in [1.807, 2.05) is 29.6 Å². The highest BCUT2D eigenvalue weighted by Crippen LogP contribution is 2.18. The monoisotopic (exact) mass is 389 g/mol. The standard InChI is InChI=1S/C19H24N4O3S/c1-26-16-6-4-15(5-7-16)23-10-8-22(9-11-23)14-18(24)21-19(25)20-13-17-3-2-12-27-17/h2-7,12H,8-11,13-14H2,1H3,(H2,20,21,24,25)/p+1. The maximum Gasteiger partial charge on any atom is 0.321 e. The van der Waals surface area contributed by atoms with Crippen molar-refractivity contribution in [3.05, 3.63) is 46.7 Å². The molecule has 27 heavy (non-hydrogen) atoms. The number of nitrogens with zero attached hydrogens (tertiary/aromatic N) is 1. The summed E-state index contributed by atoms with van der Waals surface area (Å²) in [6, 6.07) is 11.4. The third kappa shape index (κ3) is 5.70. The molecule has 0 atom stereocenters. The molecule has 1 aromatic heterocycles. The normalized spacial score (nSPS) is 14.6. The highest BCUT2D eigenvalue weighted by Gasteiger charge is 2.23. The van der Waals surface area contributed by atoms with E-state index in [1.54, 1.807) is 18.4 Å². The van der Waals surface area contributed by atoms with Crippen LogP contribution < -0.4 is 25.2 Å². The van der Waals surface area contributed by atoms with Gasteiger partial charge in [-0.2, -0.15) is 0 Å². The zero-order valence-corrected chi connectivity index (χ0v) is 16.2. The van der Waals surface area contributed by atoms with Gasteiger partial charge in [0.15, 0.2) is 6.54 Å². The van der Waals surface area contributed by atoms with E-state index in [0.717, 1.165) is 42.5 Å². The molecule has 0 radical (unpaired) electrons. The Hall–Kier alpha value is -2.58. The van der Waals surface area contributed by atoms with E-state index in [9.17, 15) is 9.59 Å². The fourth-order valence-corrected chi connectivity index (χ4v) is 3.72. The number of thiophene rings is 1. The molecule has 0 spiro atoms. The Kier molecular flexibility index (Phi) is 6.67. The Balaban J connectivity index is 1.37. The van der Waals surface area contributed by atoms with Gasteiger partial charge in [-0.25, -0.2) is 4.79 Å². The average molecular weight is 390 g/mol. The van der Waals surface area contributed by atoms with Gasteiger partial charge in [0.25, 0.3) is 5.91 Å². The number of carbonyl (C=O) groups excluding carboxylic acids is 2. The van der Waals surface area contributed by atoms with Crippen molar-refractivity contribution >= 4 is 29.0 Å². The summed E-state index contributed by atoms with van der Waals surface area (Å²) in [7, 11) is 1.66. The Labute approximate surface area is 162 Å². The number of ether oxygens (including phenoxy) is 1. The molecule has 2 aromatic rings. The van der Waals surface area contributed by atoms with Crippen LogP contribution in [0.3, 0.4) is 0 Å². The minimum absolute atomic E-state index is 0.244. The topological polar surface area (TPSA) is 75.1 Å².